The molecule has 0 bridgehead atoms. The summed E-state index contributed by atoms with van der Waals surface area (Å²) in [4.78, 5) is 11.2. The smallest absolute Gasteiger partial charge is 0.240 e. The lowest BCUT2D eigenvalue weighted by molar-refractivity contribution is -0.121. The van der Waals surface area contributed by atoms with E-state index in [4.69, 9.17) is 5.26 Å². The third-order valence-electron chi connectivity index (χ3n) is 2.46. The zero-order chi connectivity index (χ0) is 16.0. The standard InChI is InChI=1S/C13H16FN3O3S/c1-9(2)17-13(18)5-6-16-21(19,20)11-3-4-12(14)10(7-11)8-15/h3-4,7,9,16H,5-6H2,1-2H3,(H,17,18). The Hall–Kier alpha value is -1.98. The first kappa shape index (κ1) is 17.1. The summed E-state index contributed by atoms with van der Waals surface area (Å²) in [6.07, 6.45) is -0.0102. The molecule has 0 aliphatic heterocycles. The van der Waals surface area contributed by atoms with Crippen molar-refractivity contribution in [2.75, 3.05) is 6.54 Å². The van der Waals surface area contributed by atoms with Crippen molar-refractivity contribution in [3.63, 3.8) is 0 Å². The molecular formula is C13H16FN3O3S. The number of hydrogen-bond acceptors (Lipinski definition) is 4. The Morgan fingerprint density at radius 2 is 2.10 bits per heavy atom. The summed E-state index contributed by atoms with van der Waals surface area (Å²) in [5.74, 6) is -1.06. The van der Waals surface area contributed by atoms with Crippen LogP contribution in [0.3, 0.4) is 0 Å². The van der Waals surface area contributed by atoms with Crippen LogP contribution in [0.4, 0.5) is 4.39 Å². The van der Waals surface area contributed by atoms with Crippen LogP contribution < -0.4 is 10.0 Å². The number of nitrogens with one attached hydrogen (secondary N) is 2. The van der Waals surface area contributed by atoms with Crippen LogP contribution in [0.25, 0.3) is 0 Å². The normalized spacial score (nSPS) is 11.2. The molecule has 114 valence electrons. The minimum atomic E-state index is -3.88. The van der Waals surface area contributed by atoms with Gasteiger partial charge in [-0.3, -0.25) is 4.79 Å². The van der Waals surface area contributed by atoms with Gasteiger partial charge in [-0.1, -0.05) is 0 Å². The van der Waals surface area contributed by atoms with Crippen molar-refractivity contribution >= 4 is 15.9 Å². The number of nitrogens with zero attached hydrogens (tertiary/aromatic N) is 1. The molecule has 6 nitrogen and oxygen atoms in total. The van der Waals surface area contributed by atoms with Gasteiger partial charge < -0.3 is 5.32 Å². The van der Waals surface area contributed by atoms with Crippen LogP contribution in [0.5, 0.6) is 0 Å². The van der Waals surface area contributed by atoms with Crippen LogP contribution in [0.2, 0.25) is 0 Å². The number of amides is 1. The number of benzene rings is 1. The molecule has 0 aliphatic carbocycles. The first-order valence-corrected chi connectivity index (χ1v) is 7.73. The van der Waals surface area contributed by atoms with Crippen LogP contribution in [0.1, 0.15) is 25.8 Å². The van der Waals surface area contributed by atoms with Gasteiger partial charge in [-0.05, 0) is 32.0 Å². The predicted octanol–water partition coefficient (Wildman–Crippen LogP) is 0.890. The number of nitriles is 1. The minimum absolute atomic E-state index is 0.0102. The Labute approximate surface area is 123 Å². The monoisotopic (exact) mass is 313 g/mol. The van der Waals surface area contributed by atoms with Crippen molar-refractivity contribution in [3.8, 4) is 6.07 Å². The average Bonchev–Trinajstić information content (AvgIpc) is 2.37. The third kappa shape index (κ3) is 5.13. The number of sulfonamides is 1. The summed E-state index contributed by atoms with van der Waals surface area (Å²) < 4.78 is 39.3. The van der Waals surface area contributed by atoms with E-state index < -0.39 is 15.8 Å². The summed E-state index contributed by atoms with van der Waals surface area (Å²) in [6.45, 7) is 3.51. The van der Waals surface area contributed by atoms with Gasteiger partial charge in [-0.25, -0.2) is 17.5 Å². The molecule has 0 spiro atoms. The van der Waals surface area contributed by atoms with Gasteiger partial charge in [-0.15, -0.1) is 0 Å². The molecule has 1 rings (SSSR count). The Kier molecular flexibility index (Phi) is 5.81. The van der Waals surface area contributed by atoms with E-state index in [1.807, 2.05) is 0 Å². The van der Waals surface area contributed by atoms with Gasteiger partial charge in [0.1, 0.15) is 11.9 Å². The zero-order valence-corrected chi connectivity index (χ0v) is 12.5. The minimum Gasteiger partial charge on any atom is -0.354 e. The van der Waals surface area contributed by atoms with Gasteiger partial charge in [0.05, 0.1) is 10.5 Å². The average molecular weight is 313 g/mol. The highest BCUT2D eigenvalue weighted by molar-refractivity contribution is 7.89. The van der Waals surface area contributed by atoms with Crippen LogP contribution >= 0.6 is 0 Å². The number of carbonyl (C=O) groups excluding carboxylic acids is 1. The number of rotatable bonds is 6. The molecule has 1 aromatic carbocycles. The second-order valence-electron chi connectivity index (χ2n) is 4.62. The molecule has 0 saturated heterocycles. The Morgan fingerprint density at radius 1 is 1.43 bits per heavy atom. The Bertz CT molecular complexity index is 666. The van der Waals surface area contributed by atoms with Gasteiger partial charge in [0, 0.05) is 19.0 Å². The molecule has 0 radical (unpaired) electrons. The summed E-state index contributed by atoms with van der Waals surface area (Å²) in [5, 5.41) is 11.3. The molecule has 0 saturated carbocycles. The highest BCUT2D eigenvalue weighted by Crippen LogP contribution is 2.14. The highest BCUT2D eigenvalue weighted by Gasteiger charge is 2.16. The van der Waals surface area contributed by atoms with E-state index in [1.54, 1.807) is 19.9 Å². The summed E-state index contributed by atoms with van der Waals surface area (Å²) in [6, 6.07) is 4.48. The van der Waals surface area contributed by atoms with E-state index in [0.717, 1.165) is 18.2 Å². The Balaban J connectivity index is 2.70. The molecule has 2 N–H and O–H groups in total. The molecule has 0 fully saturated rings. The van der Waals surface area contributed by atoms with E-state index >= 15 is 0 Å². The molecule has 0 aromatic heterocycles. The summed E-state index contributed by atoms with van der Waals surface area (Å²) >= 11 is 0. The maximum Gasteiger partial charge on any atom is 0.240 e. The topological polar surface area (TPSA) is 99.1 Å². The largest absolute Gasteiger partial charge is 0.354 e. The van der Waals surface area contributed by atoms with Crippen molar-refractivity contribution in [1.29, 1.82) is 5.26 Å². The lowest BCUT2D eigenvalue weighted by Gasteiger charge is -2.09. The van der Waals surface area contributed by atoms with Crippen molar-refractivity contribution in [2.45, 2.75) is 31.2 Å². The molecule has 8 heteroatoms. The predicted molar refractivity (Wildman–Crippen MR) is 74.2 cm³/mol. The van der Waals surface area contributed by atoms with E-state index in [2.05, 4.69) is 10.0 Å². The molecule has 1 amide bonds. The second-order valence-corrected chi connectivity index (χ2v) is 6.39. The summed E-state index contributed by atoms with van der Waals surface area (Å²) in [5.41, 5.74) is -0.351. The van der Waals surface area contributed by atoms with Crippen molar-refractivity contribution in [3.05, 3.63) is 29.6 Å². The number of carbonyl (C=O) groups is 1. The Morgan fingerprint density at radius 3 is 2.67 bits per heavy atom. The molecule has 21 heavy (non-hydrogen) atoms. The fourth-order valence-corrected chi connectivity index (χ4v) is 2.59. The molecule has 0 unspecified atom stereocenters. The summed E-state index contributed by atoms with van der Waals surface area (Å²) in [7, 11) is -3.88. The van der Waals surface area contributed by atoms with E-state index in [1.165, 1.54) is 0 Å². The SMILES string of the molecule is CC(C)NC(=O)CCNS(=O)(=O)c1ccc(F)c(C#N)c1. The van der Waals surface area contributed by atoms with Crippen LogP contribution in [-0.4, -0.2) is 26.9 Å². The molecule has 0 aliphatic rings. The van der Waals surface area contributed by atoms with Crippen LogP contribution in [0, 0.1) is 17.1 Å². The van der Waals surface area contributed by atoms with Gasteiger partial charge in [0.2, 0.25) is 15.9 Å². The third-order valence-corrected chi connectivity index (χ3v) is 3.92. The van der Waals surface area contributed by atoms with Crippen molar-refractivity contribution < 1.29 is 17.6 Å². The van der Waals surface area contributed by atoms with Crippen LogP contribution in [0.15, 0.2) is 23.1 Å². The van der Waals surface area contributed by atoms with Gasteiger partial charge >= 0.3 is 0 Å². The van der Waals surface area contributed by atoms with E-state index in [9.17, 15) is 17.6 Å². The fourth-order valence-electron chi connectivity index (χ4n) is 1.53. The first-order chi connectivity index (χ1) is 9.76. The molecule has 0 heterocycles. The highest BCUT2D eigenvalue weighted by atomic mass is 32.2. The second kappa shape index (κ2) is 7.15. The maximum atomic E-state index is 13.1. The lowest BCUT2D eigenvalue weighted by Crippen LogP contribution is -2.34. The van der Waals surface area contributed by atoms with E-state index in [-0.39, 0.29) is 35.4 Å². The van der Waals surface area contributed by atoms with Crippen molar-refractivity contribution in [1.82, 2.24) is 10.0 Å². The molecular weight excluding hydrogens is 297 g/mol. The zero-order valence-electron chi connectivity index (χ0n) is 11.7. The maximum absolute atomic E-state index is 13.1. The number of hydrogen-bond donors (Lipinski definition) is 2. The first-order valence-electron chi connectivity index (χ1n) is 6.25. The van der Waals surface area contributed by atoms with E-state index in [0.29, 0.717) is 0 Å². The van der Waals surface area contributed by atoms with Gasteiger partial charge in [0.15, 0.2) is 0 Å². The van der Waals surface area contributed by atoms with Crippen molar-refractivity contribution in [2.24, 2.45) is 0 Å². The molecule has 1 aromatic rings. The molecule has 0 atom stereocenters. The lowest BCUT2D eigenvalue weighted by atomic mass is 10.2. The number of halogens is 1. The fraction of sp³-hybridized carbons (Fsp3) is 0.385. The van der Waals surface area contributed by atoms with Gasteiger partial charge in [0.25, 0.3) is 0 Å². The van der Waals surface area contributed by atoms with Crippen LogP contribution in [-0.2, 0) is 14.8 Å². The van der Waals surface area contributed by atoms with Gasteiger partial charge in [-0.2, -0.15) is 5.26 Å². The quantitative estimate of drug-likeness (QED) is 0.814.